The molecule has 0 aliphatic carbocycles. The van der Waals surface area contributed by atoms with Crippen molar-refractivity contribution in [2.45, 2.75) is 225 Å². The molecule has 0 amide bonds. The van der Waals surface area contributed by atoms with Gasteiger partial charge in [-0.25, -0.2) is 0 Å². The number of unbranched alkanes of at least 4 members (excludes halogenated alkanes) is 25. The Labute approximate surface area is 242 Å². The lowest BCUT2D eigenvalue weighted by Gasteiger charge is -2.27. The summed E-state index contributed by atoms with van der Waals surface area (Å²) >= 11 is 7.34. The van der Waals surface area contributed by atoms with Crippen LogP contribution < -0.4 is 6.15 Å². The van der Waals surface area contributed by atoms with Crippen LogP contribution in [-0.4, -0.2) is 4.87 Å². The molecule has 1 nitrogen and oxygen atoms in total. The summed E-state index contributed by atoms with van der Waals surface area (Å²) in [4.78, 5) is 0.0996. The van der Waals surface area contributed by atoms with E-state index in [9.17, 15) is 0 Å². The van der Waals surface area contributed by atoms with Crippen molar-refractivity contribution < 1.29 is 0 Å². The number of hydrogen-bond acceptors (Lipinski definition) is 1. The van der Waals surface area contributed by atoms with Gasteiger partial charge in [-0.1, -0.05) is 201 Å². The molecule has 37 heavy (non-hydrogen) atoms. The van der Waals surface area contributed by atoms with Crippen molar-refractivity contribution in [1.29, 1.82) is 0 Å². The zero-order chi connectivity index (χ0) is 26.4. The Balaban J connectivity index is 0. The second-order valence-corrected chi connectivity index (χ2v) is 13.0. The van der Waals surface area contributed by atoms with E-state index in [-0.39, 0.29) is 11.0 Å². The Hall–Kier alpha value is 0.250. The lowest BCUT2D eigenvalue weighted by Crippen LogP contribution is -2.21. The molecule has 0 aromatic heterocycles. The first kappa shape index (κ1) is 39.4. The predicted octanol–water partition coefficient (Wildman–Crippen LogP) is 14.3. The van der Waals surface area contributed by atoms with Crippen LogP contribution in [0.4, 0.5) is 0 Å². The zero-order valence-corrected chi connectivity index (χ0v) is 27.3. The Morgan fingerprint density at radius 3 is 0.649 bits per heavy atom. The van der Waals surface area contributed by atoms with Gasteiger partial charge in [0.25, 0.3) is 0 Å². The third-order valence-electron chi connectivity index (χ3n) is 8.44. The number of hydrogen-bond donors (Lipinski definition) is 1. The third kappa shape index (κ3) is 30.6. The Morgan fingerprint density at radius 2 is 0.459 bits per heavy atom. The van der Waals surface area contributed by atoms with Crippen molar-refractivity contribution in [2.24, 2.45) is 0 Å². The van der Waals surface area contributed by atoms with Crippen LogP contribution in [0, 0.1) is 0 Å². The van der Waals surface area contributed by atoms with E-state index in [1.54, 1.807) is 0 Å². The van der Waals surface area contributed by atoms with Crippen molar-refractivity contribution in [3.05, 3.63) is 0 Å². The molecule has 0 saturated carbocycles. The minimum absolute atomic E-state index is 0. The van der Waals surface area contributed by atoms with Gasteiger partial charge in [0.15, 0.2) is 0 Å². The molecule has 0 aromatic carbocycles. The maximum Gasteiger partial charge on any atom is 0.0446 e. The summed E-state index contributed by atoms with van der Waals surface area (Å²) in [6.45, 7) is 6.92. The van der Waals surface area contributed by atoms with Gasteiger partial charge in [-0.05, 0) is 19.3 Å². The standard InChI is InChI=1S/C35H71Cl.H3N/c1-4-7-10-13-16-19-22-25-28-31-34-35(36,32-29-26-23-20-17-14-11-8-5-2)33-30-27-24-21-18-15-12-9-6-3;/h4-34H2,1-3H3;1H3. The topological polar surface area (TPSA) is 35.0 Å². The summed E-state index contributed by atoms with van der Waals surface area (Å²) in [7, 11) is 0. The molecule has 0 aliphatic heterocycles. The molecule has 0 aromatic rings. The van der Waals surface area contributed by atoms with Gasteiger partial charge in [-0.2, -0.15) is 0 Å². The summed E-state index contributed by atoms with van der Waals surface area (Å²) < 4.78 is 0. The van der Waals surface area contributed by atoms with E-state index in [4.69, 9.17) is 11.6 Å². The van der Waals surface area contributed by atoms with Crippen LogP contribution in [0.3, 0.4) is 0 Å². The Kier molecular flexibility index (Phi) is 34.6. The molecule has 0 radical (unpaired) electrons. The van der Waals surface area contributed by atoms with Gasteiger partial charge in [-0.15, -0.1) is 11.6 Å². The molecule has 0 heterocycles. The second kappa shape index (κ2) is 32.5. The highest BCUT2D eigenvalue weighted by molar-refractivity contribution is 6.23. The van der Waals surface area contributed by atoms with Crippen molar-refractivity contribution in [3.63, 3.8) is 0 Å². The Bertz CT molecular complexity index is 375. The minimum atomic E-state index is 0. The largest absolute Gasteiger partial charge is 0.344 e. The smallest absolute Gasteiger partial charge is 0.0446 e. The molecule has 0 rings (SSSR count). The summed E-state index contributed by atoms with van der Waals surface area (Å²) in [6.07, 6.45) is 43.5. The first-order valence-electron chi connectivity index (χ1n) is 17.4. The quantitative estimate of drug-likeness (QED) is 0.0684. The second-order valence-electron chi connectivity index (χ2n) is 12.2. The summed E-state index contributed by atoms with van der Waals surface area (Å²) in [5, 5.41) is 0. The van der Waals surface area contributed by atoms with Crippen LogP contribution >= 0.6 is 11.6 Å². The highest BCUT2D eigenvalue weighted by atomic mass is 35.5. The number of rotatable bonds is 31. The molecule has 226 valence electrons. The third-order valence-corrected chi connectivity index (χ3v) is 9.00. The first-order chi connectivity index (χ1) is 17.7. The molecular weight excluding hydrogens is 470 g/mol. The SMILES string of the molecule is CCCCCCCCCCCCC(Cl)(CCCCCCCCCCC)CCCCCCCCCCC.N. The first-order valence-corrected chi connectivity index (χ1v) is 17.7. The van der Waals surface area contributed by atoms with Gasteiger partial charge < -0.3 is 6.15 Å². The zero-order valence-electron chi connectivity index (χ0n) is 26.5. The van der Waals surface area contributed by atoms with Crippen LogP contribution in [-0.2, 0) is 0 Å². The number of halogens is 1. The van der Waals surface area contributed by atoms with Gasteiger partial charge in [0, 0.05) is 4.87 Å². The highest BCUT2D eigenvalue weighted by Crippen LogP contribution is 2.35. The van der Waals surface area contributed by atoms with E-state index in [0.717, 1.165) is 0 Å². The molecular formula is C35H74ClN. The fourth-order valence-electron chi connectivity index (χ4n) is 5.81. The monoisotopic (exact) mass is 544 g/mol. The molecule has 3 N–H and O–H groups in total. The van der Waals surface area contributed by atoms with E-state index >= 15 is 0 Å². The van der Waals surface area contributed by atoms with Gasteiger partial charge in [0.2, 0.25) is 0 Å². The van der Waals surface area contributed by atoms with Gasteiger partial charge in [0.1, 0.15) is 0 Å². The van der Waals surface area contributed by atoms with E-state index in [2.05, 4.69) is 20.8 Å². The van der Waals surface area contributed by atoms with Crippen LogP contribution in [0.25, 0.3) is 0 Å². The molecule has 0 saturated heterocycles. The average Bonchev–Trinajstić information content (AvgIpc) is 2.88. The molecule has 0 bridgehead atoms. The predicted molar refractivity (Wildman–Crippen MR) is 174 cm³/mol. The maximum atomic E-state index is 7.34. The van der Waals surface area contributed by atoms with Crippen molar-refractivity contribution in [3.8, 4) is 0 Å². The summed E-state index contributed by atoms with van der Waals surface area (Å²) in [6, 6.07) is 0. The molecule has 0 atom stereocenters. The van der Waals surface area contributed by atoms with Crippen LogP contribution in [0.15, 0.2) is 0 Å². The van der Waals surface area contributed by atoms with Crippen LogP contribution in [0.2, 0.25) is 0 Å². The van der Waals surface area contributed by atoms with E-state index < -0.39 is 0 Å². The Morgan fingerprint density at radius 1 is 0.297 bits per heavy atom. The highest BCUT2D eigenvalue weighted by Gasteiger charge is 2.25. The van der Waals surface area contributed by atoms with Gasteiger partial charge in [0.05, 0.1) is 0 Å². The average molecular weight is 544 g/mol. The van der Waals surface area contributed by atoms with Gasteiger partial charge >= 0.3 is 0 Å². The summed E-state index contributed by atoms with van der Waals surface area (Å²) in [5.41, 5.74) is 0. The molecule has 0 spiro atoms. The van der Waals surface area contributed by atoms with Crippen LogP contribution in [0.5, 0.6) is 0 Å². The minimum Gasteiger partial charge on any atom is -0.344 e. The van der Waals surface area contributed by atoms with E-state index in [1.807, 2.05) is 0 Å². The lowest BCUT2D eigenvalue weighted by atomic mass is 9.88. The van der Waals surface area contributed by atoms with Crippen molar-refractivity contribution >= 4 is 11.6 Å². The van der Waals surface area contributed by atoms with Crippen molar-refractivity contribution in [2.75, 3.05) is 0 Å². The van der Waals surface area contributed by atoms with E-state index in [0.29, 0.717) is 0 Å². The van der Waals surface area contributed by atoms with Crippen LogP contribution in [0.1, 0.15) is 220 Å². The molecule has 0 unspecified atom stereocenters. The number of alkyl halides is 1. The fourth-order valence-corrected chi connectivity index (χ4v) is 6.21. The fraction of sp³-hybridized carbons (Fsp3) is 1.00. The molecule has 0 aliphatic rings. The van der Waals surface area contributed by atoms with Crippen molar-refractivity contribution in [1.82, 2.24) is 6.15 Å². The lowest BCUT2D eigenvalue weighted by molar-refractivity contribution is 0.394. The molecule has 0 fully saturated rings. The molecule has 2 heteroatoms. The summed E-state index contributed by atoms with van der Waals surface area (Å²) in [5.74, 6) is 0. The normalized spacial score (nSPS) is 11.7. The maximum absolute atomic E-state index is 7.34. The van der Waals surface area contributed by atoms with Gasteiger partial charge in [-0.3, -0.25) is 0 Å². The van der Waals surface area contributed by atoms with E-state index in [1.165, 1.54) is 199 Å².